The molecule has 0 saturated carbocycles. The van der Waals surface area contributed by atoms with Crippen LogP contribution in [0.1, 0.15) is 24.8 Å². The maximum Gasteiger partial charge on any atom is 0.142 e. The molecule has 3 rings (SSSR count). The molecule has 0 aliphatic carbocycles. The highest BCUT2D eigenvalue weighted by Gasteiger charge is 2.43. The van der Waals surface area contributed by atoms with Gasteiger partial charge >= 0.3 is 0 Å². The fourth-order valence-electron chi connectivity index (χ4n) is 3.16. The third-order valence-electron chi connectivity index (χ3n) is 4.11. The molecule has 0 radical (unpaired) electrons. The van der Waals surface area contributed by atoms with Gasteiger partial charge in [0.25, 0.3) is 0 Å². The smallest absolute Gasteiger partial charge is 0.142 e. The van der Waals surface area contributed by atoms with E-state index < -0.39 is 11.9 Å². The molecule has 98 valence electrons. The summed E-state index contributed by atoms with van der Waals surface area (Å²) in [7, 11) is 0. The van der Waals surface area contributed by atoms with Crippen molar-refractivity contribution in [1.82, 2.24) is 0 Å². The first-order valence-corrected chi connectivity index (χ1v) is 6.79. The molecule has 2 saturated heterocycles. The first-order chi connectivity index (χ1) is 8.65. The lowest BCUT2D eigenvalue weighted by Crippen LogP contribution is -2.31. The van der Waals surface area contributed by atoms with Gasteiger partial charge in [-0.1, -0.05) is 23.7 Å². The average molecular weight is 271 g/mol. The minimum absolute atomic E-state index is 0.126. The monoisotopic (exact) mass is 270 g/mol. The lowest BCUT2D eigenvalue weighted by Gasteiger charge is -2.24. The molecule has 4 atom stereocenters. The minimum Gasteiger partial charge on any atom is -0.392 e. The van der Waals surface area contributed by atoms with E-state index in [-0.39, 0.29) is 17.0 Å². The van der Waals surface area contributed by atoms with E-state index in [2.05, 4.69) is 0 Å². The number of ether oxygens (including phenoxy) is 1. The zero-order valence-electron chi connectivity index (χ0n) is 9.98. The van der Waals surface area contributed by atoms with Crippen LogP contribution in [0.15, 0.2) is 18.2 Å². The van der Waals surface area contributed by atoms with Crippen LogP contribution in [0.5, 0.6) is 0 Å². The predicted octanol–water partition coefficient (Wildman–Crippen LogP) is 2.95. The Morgan fingerprint density at radius 3 is 2.94 bits per heavy atom. The van der Waals surface area contributed by atoms with Crippen LogP contribution in [0.4, 0.5) is 4.39 Å². The second kappa shape index (κ2) is 4.80. The van der Waals surface area contributed by atoms with E-state index in [0.29, 0.717) is 18.1 Å². The van der Waals surface area contributed by atoms with Crippen molar-refractivity contribution in [3.8, 4) is 0 Å². The van der Waals surface area contributed by atoms with Gasteiger partial charge in [0.2, 0.25) is 0 Å². The third kappa shape index (κ3) is 2.15. The molecule has 2 aliphatic heterocycles. The fraction of sp³-hybridized carbons (Fsp3) is 0.571. The zero-order valence-corrected chi connectivity index (χ0v) is 10.7. The van der Waals surface area contributed by atoms with Gasteiger partial charge in [-0.25, -0.2) is 4.39 Å². The Morgan fingerprint density at radius 2 is 2.28 bits per heavy atom. The van der Waals surface area contributed by atoms with Crippen molar-refractivity contribution in [1.29, 1.82) is 0 Å². The molecule has 0 spiro atoms. The largest absolute Gasteiger partial charge is 0.392 e. The number of hydrogen-bond donors (Lipinski definition) is 1. The highest BCUT2D eigenvalue weighted by Crippen LogP contribution is 2.41. The van der Waals surface area contributed by atoms with Gasteiger partial charge in [-0.05, 0) is 30.9 Å². The van der Waals surface area contributed by atoms with E-state index in [9.17, 15) is 9.50 Å². The standard InChI is InChI=1S/C14H16ClFO2/c15-14-8(2-1-3-11(14)16)6-12(17)10-7-9-4-5-13(10)18-9/h1-3,9-10,12-13,17H,4-7H2. The number of hydrogen-bond acceptors (Lipinski definition) is 2. The van der Waals surface area contributed by atoms with Crippen LogP contribution in [0, 0.1) is 11.7 Å². The average Bonchev–Trinajstić information content (AvgIpc) is 2.97. The first-order valence-electron chi connectivity index (χ1n) is 6.41. The Labute approximate surface area is 111 Å². The summed E-state index contributed by atoms with van der Waals surface area (Å²) < 4.78 is 19.0. The molecule has 2 aliphatic rings. The molecule has 0 aromatic heterocycles. The number of rotatable bonds is 3. The third-order valence-corrected chi connectivity index (χ3v) is 4.53. The van der Waals surface area contributed by atoms with Gasteiger partial charge in [-0.3, -0.25) is 0 Å². The summed E-state index contributed by atoms with van der Waals surface area (Å²) in [5.74, 6) is -0.256. The molecule has 18 heavy (non-hydrogen) atoms. The predicted molar refractivity (Wildman–Crippen MR) is 67.1 cm³/mol. The lowest BCUT2D eigenvalue weighted by molar-refractivity contribution is 0.0431. The lowest BCUT2D eigenvalue weighted by atomic mass is 9.83. The van der Waals surface area contributed by atoms with Crippen molar-refractivity contribution < 1.29 is 14.2 Å². The van der Waals surface area contributed by atoms with Crippen molar-refractivity contribution >= 4 is 11.6 Å². The maximum atomic E-state index is 13.3. The molecule has 2 nitrogen and oxygen atoms in total. The second-order valence-electron chi connectivity index (χ2n) is 5.26. The van der Waals surface area contributed by atoms with Crippen LogP contribution in [0.2, 0.25) is 5.02 Å². The van der Waals surface area contributed by atoms with E-state index in [1.165, 1.54) is 6.07 Å². The van der Waals surface area contributed by atoms with Crippen LogP contribution in [-0.4, -0.2) is 23.4 Å². The molecule has 1 aromatic rings. The molecule has 4 unspecified atom stereocenters. The molecule has 2 fully saturated rings. The van der Waals surface area contributed by atoms with E-state index in [4.69, 9.17) is 16.3 Å². The van der Waals surface area contributed by atoms with E-state index in [0.717, 1.165) is 19.3 Å². The summed E-state index contributed by atoms with van der Waals surface area (Å²) in [5.41, 5.74) is 0.673. The van der Waals surface area contributed by atoms with E-state index in [1.54, 1.807) is 12.1 Å². The summed E-state index contributed by atoms with van der Waals surface area (Å²) in [6.07, 6.45) is 3.44. The molecule has 2 heterocycles. The Bertz CT molecular complexity index is 451. The fourth-order valence-corrected chi connectivity index (χ4v) is 3.37. The summed E-state index contributed by atoms with van der Waals surface area (Å²) in [4.78, 5) is 0. The van der Waals surface area contributed by atoms with Gasteiger partial charge in [0.15, 0.2) is 0 Å². The molecule has 1 N–H and O–H groups in total. The van der Waals surface area contributed by atoms with Crippen LogP contribution in [0.25, 0.3) is 0 Å². The quantitative estimate of drug-likeness (QED) is 0.915. The minimum atomic E-state index is -0.500. The zero-order chi connectivity index (χ0) is 12.7. The van der Waals surface area contributed by atoms with Gasteiger partial charge in [0.1, 0.15) is 5.82 Å². The SMILES string of the molecule is OC(Cc1cccc(F)c1Cl)C1CC2CCC1O2. The first kappa shape index (κ1) is 12.4. The van der Waals surface area contributed by atoms with E-state index >= 15 is 0 Å². The van der Waals surface area contributed by atoms with Crippen LogP contribution in [0.3, 0.4) is 0 Å². The van der Waals surface area contributed by atoms with Crippen molar-refractivity contribution in [2.45, 2.75) is 44.0 Å². The Hall–Kier alpha value is -0.640. The van der Waals surface area contributed by atoms with Gasteiger partial charge in [0.05, 0.1) is 23.3 Å². The summed E-state index contributed by atoms with van der Waals surface area (Å²) in [5, 5.41) is 10.4. The highest BCUT2D eigenvalue weighted by atomic mass is 35.5. The number of aliphatic hydroxyl groups excluding tert-OH is 1. The Balaban J connectivity index is 1.71. The molecule has 1 aromatic carbocycles. The normalized spacial score (nSPS) is 31.8. The molecular weight excluding hydrogens is 255 g/mol. The van der Waals surface area contributed by atoms with Crippen LogP contribution < -0.4 is 0 Å². The van der Waals surface area contributed by atoms with Gasteiger partial charge < -0.3 is 9.84 Å². The summed E-state index contributed by atoms with van der Waals surface area (Å²) >= 11 is 5.91. The topological polar surface area (TPSA) is 29.5 Å². The van der Waals surface area contributed by atoms with E-state index in [1.807, 2.05) is 0 Å². The molecular formula is C14H16ClFO2. The number of fused-ring (bicyclic) bond motifs is 2. The molecule has 4 heteroatoms. The number of benzene rings is 1. The highest BCUT2D eigenvalue weighted by molar-refractivity contribution is 6.31. The maximum absolute atomic E-state index is 13.3. The van der Waals surface area contributed by atoms with Crippen molar-refractivity contribution in [3.63, 3.8) is 0 Å². The van der Waals surface area contributed by atoms with Gasteiger partial charge in [0, 0.05) is 12.3 Å². The summed E-state index contributed by atoms with van der Waals surface area (Å²) in [6.45, 7) is 0. The Morgan fingerprint density at radius 1 is 1.44 bits per heavy atom. The van der Waals surface area contributed by atoms with Crippen LogP contribution >= 0.6 is 11.6 Å². The number of aliphatic hydroxyl groups is 1. The van der Waals surface area contributed by atoms with Gasteiger partial charge in [-0.2, -0.15) is 0 Å². The molecule has 2 bridgehead atoms. The molecule has 0 amide bonds. The summed E-state index contributed by atoms with van der Waals surface area (Å²) in [6, 6.07) is 4.72. The van der Waals surface area contributed by atoms with Crippen molar-refractivity contribution in [3.05, 3.63) is 34.6 Å². The van der Waals surface area contributed by atoms with Gasteiger partial charge in [-0.15, -0.1) is 0 Å². The van der Waals surface area contributed by atoms with Crippen molar-refractivity contribution in [2.24, 2.45) is 5.92 Å². The van der Waals surface area contributed by atoms with Crippen molar-refractivity contribution in [2.75, 3.05) is 0 Å². The second-order valence-corrected chi connectivity index (χ2v) is 5.64. The number of halogens is 2. The Kier molecular flexibility index (Phi) is 3.31. The van der Waals surface area contributed by atoms with Crippen LogP contribution in [-0.2, 0) is 11.2 Å².